The van der Waals surface area contributed by atoms with Crippen LogP contribution in [0.2, 0.25) is 4.34 Å². The summed E-state index contributed by atoms with van der Waals surface area (Å²) in [5.74, 6) is 0.169. The second-order valence-corrected chi connectivity index (χ2v) is 10.2. The Labute approximate surface area is 179 Å². The molecule has 5 nitrogen and oxygen atoms in total. The van der Waals surface area contributed by atoms with Crippen molar-refractivity contribution < 1.29 is 14.2 Å². The van der Waals surface area contributed by atoms with E-state index < -0.39 is 5.79 Å². The van der Waals surface area contributed by atoms with Gasteiger partial charge in [-0.25, -0.2) is 4.68 Å². The third-order valence-electron chi connectivity index (χ3n) is 5.52. The van der Waals surface area contributed by atoms with E-state index in [0.29, 0.717) is 26.1 Å². The normalized spacial score (nSPS) is 19.4. The Hall–Kier alpha value is -1.86. The lowest BCUT2D eigenvalue weighted by molar-refractivity contribution is -0.293. The third-order valence-corrected chi connectivity index (χ3v) is 6.76. The fourth-order valence-corrected chi connectivity index (χ4v) is 5.13. The van der Waals surface area contributed by atoms with Crippen LogP contribution in [0.15, 0.2) is 36.4 Å². The van der Waals surface area contributed by atoms with Gasteiger partial charge in [-0.2, -0.15) is 5.10 Å². The Bertz CT molecular complexity index is 1060. The van der Waals surface area contributed by atoms with E-state index in [-0.39, 0.29) is 5.41 Å². The number of hydrogen-bond acceptors (Lipinski definition) is 5. The van der Waals surface area contributed by atoms with Crippen LogP contribution in [0.1, 0.15) is 25.1 Å². The van der Waals surface area contributed by atoms with Crippen molar-refractivity contribution >= 4 is 22.9 Å². The molecular weight excluding hydrogens is 408 g/mol. The zero-order chi connectivity index (χ0) is 20.2. The lowest BCUT2D eigenvalue weighted by Gasteiger charge is -2.41. The Morgan fingerprint density at radius 1 is 1.10 bits per heavy atom. The summed E-state index contributed by atoms with van der Waals surface area (Å²) in [7, 11) is 1.68. The van der Waals surface area contributed by atoms with Crippen LogP contribution in [0.3, 0.4) is 0 Å². The largest absolute Gasteiger partial charge is 0.494 e. The first-order valence-corrected chi connectivity index (χ1v) is 10.9. The van der Waals surface area contributed by atoms with Crippen LogP contribution in [0, 0.1) is 5.41 Å². The maximum absolute atomic E-state index is 6.27. The van der Waals surface area contributed by atoms with E-state index >= 15 is 0 Å². The van der Waals surface area contributed by atoms with Gasteiger partial charge in [0.2, 0.25) is 0 Å². The highest BCUT2D eigenvalue weighted by Crippen LogP contribution is 2.45. The summed E-state index contributed by atoms with van der Waals surface area (Å²) in [6, 6.07) is 11.9. The number of thiophene rings is 1. The highest BCUT2D eigenvalue weighted by atomic mass is 35.5. The van der Waals surface area contributed by atoms with Gasteiger partial charge in [0, 0.05) is 23.8 Å². The van der Waals surface area contributed by atoms with Gasteiger partial charge in [-0.05, 0) is 24.3 Å². The van der Waals surface area contributed by atoms with Crippen molar-refractivity contribution in [3.05, 3.63) is 52.0 Å². The molecule has 0 N–H and O–H groups in total. The van der Waals surface area contributed by atoms with Crippen molar-refractivity contribution in [3.8, 4) is 22.0 Å². The molecule has 1 aromatic carbocycles. The standard InChI is InChI=1S/C22H23ClN2O3S/c1-21(2)12-27-22(28-13-21)10-14-15(11-22)24-25(16-6-4-5-7-17(16)26-3)20(14)18-8-9-19(23)29-18/h4-9H,10-13H2,1-3H3. The smallest absolute Gasteiger partial charge is 0.178 e. The van der Waals surface area contributed by atoms with Crippen LogP contribution in [0.4, 0.5) is 0 Å². The lowest BCUT2D eigenvalue weighted by atomic mass is 9.94. The summed E-state index contributed by atoms with van der Waals surface area (Å²) in [5, 5.41) is 4.98. The maximum Gasteiger partial charge on any atom is 0.178 e. The molecule has 7 heteroatoms. The van der Waals surface area contributed by atoms with Crippen molar-refractivity contribution in [1.82, 2.24) is 9.78 Å². The van der Waals surface area contributed by atoms with Crippen LogP contribution >= 0.6 is 22.9 Å². The molecule has 1 spiro atoms. The molecule has 0 saturated carbocycles. The van der Waals surface area contributed by atoms with Crippen LogP contribution in [0.25, 0.3) is 16.3 Å². The van der Waals surface area contributed by atoms with E-state index in [0.717, 1.165) is 37.6 Å². The molecule has 1 aliphatic heterocycles. The fraction of sp³-hybridized carbons (Fsp3) is 0.409. The molecule has 2 aliphatic rings. The van der Waals surface area contributed by atoms with Gasteiger partial charge in [-0.15, -0.1) is 11.3 Å². The van der Waals surface area contributed by atoms with Crippen LogP contribution in [0.5, 0.6) is 5.75 Å². The lowest BCUT2D eigenvalue weighted by Crippen LogP contribution is -2.48. The number of aromatic nitrogens is 2. The van der Waals surface area contributed by atoms with Crippen molar-refractivity contribution in [3.63, 3.8) is 0 Å². The van der Waals surface area contributed by atoms with E-state index in [1.54, 1.807) is 18.4 Å². The van der Waals surface area contributed by atoms with Crippen LogP contribution < -0.4 is 4.74 Å². The average molecular weight is 431 g/mol. The van der Waals surface area contributed by atoms with Gasteiger partial charge in [0.15, 0.2) is 5.79 Å². The van der Waals surface area contributed by atoms with E-state index in [1.165, 1.54) is 0 Å². The van der Waals surface area contributed by atoms with Crippen LogP contribution in [-0.4, -0.2) is 35.9 Å². The summed E-state index contributed by atoms with van der Waals surface area (Å²) in [6.07, 6.45) is 1.32. The van der Waals surface area contributed by atoms with Gasteiger partial charge in [-0.1, -0.05) is 37.6 Å². The molecular formula is C22H23ClN2O3S. The summed E-state index contributed by atoms with van der Waals surface area (Å²) in [5.41, 5.74) is 4.15. The molecule has 1 aliphatic carbocycles. The van der Waals surface area contributed by atoms with Gasteiger partial charge in [0.1, 0.15) is 11.4 Å². The predicted octanol–water partition coefficient (Wildman–Crippen LogP) is 5.13. The molecule has 5 rings (SSSR count). The maximum atomic E-state index is 6.27. The quantitative estimate of drug-likeness (QED) is 0.577. The summed E-state index contributed by atoms with van der Waals surface area (Å²) < 4.78 is 20.8. The minimum absolute atomic E-state index is 0.0344. The number of rotatable bonds is 3. The van der Waals surface area contributed by atoms with Crippen molar-refractivity contribution in [2.45, 2.75) is 32.5 Å². The molecule has 0 atom stereocenters. The number of hydrogen-bond donors (Lipinski definition) is 0. The molecule has 1 fully saturated rings. The average Bonchev–Trinajstić information content (AvgIpc) is 3.37. The summed E-state index contributed by atoms with van der Waals surface area (Å²) >= 11 is 7.82. The van der Waals surface area contributed by atoms with Gasteiger partial charge in [-0.3, -0.25) is 0 Å². The van der Waals surface area contributed by atoms with Gasteiger partial charge in [0.05, 0.1) is 40.9 Å². The first-order valence-electron chi connectivity index (χ1n) is 9.68. The zero-order valence-electron chi connectivity index (χ0n) is 16.7. The number of nitrogens with zero attached hydrogens (tertiary/aromatic N) is 2. The molecule has 0 bridgehead atoms. The Morgan fingerprint density at radius 3 is 2.55 bits per heavy atom. The molecule has 3 aromatic rings. The van der Waals surface area contributed by atoms with Crippen molar-refractivity contribution in [2.24, 2.45) is 5.41 Å². The minimum atomic E-state index is -0.608. The van der Waals surface area contributed by atoms with Gasteiger partial charge >= 0.3 is 0 Å². The number of ether oxygens (including phenoxy) is 3. The second-order valence-electron chi connectivity index (χ2n) is 8.47. The highest BCUT2D eigenvalue weighted by Gasteiger charge is 2.48. The predicted molar refractivity (Wildman–Crippen MR) is 114 cm³/mol. The third kappa shape index (κ3) is 3.28. The van der Waals surface area contributed by atoms with Crippen LogP contribution in [-0.2, 0) is 22.3 Å². The zero-order valence-corrected chi connectivity index (χ0v) is 18.3. The Kier molecular flexibility index (Phi) is 4.51. The first kappa shape index (κ1) is 19.1. The number of methoxy groups -OCH3 is 1. The highest BCUT2D eigenvalue weighted by molar-refractivity contribution is 7.19. The van der Waals surface area contributed by atoms with Crippen molar-refractivity contribution in [2.75, 3.05) is 20.3 Å². The fourth-order valence-electron chi connectivity index (χ4n) is 4.03. The van der Waals surface area contributed by atoms with Gasteiger partial charge < -0.3 is 14.2 Å². The molecule has 0 amide bonds. The molecule has 152 valence electrons. The number of fused-ring (bicyclic) bond motifs is 1. The molecule has 29 heavy (non-hydrogen) atoms. The topological polar surface area (TPSA) is 45.5 Å². The molecule has 0 unspecified atom stereocenters. The molecule has 1 saturated heterocycles. The number of benzene rings is 1. The second kappa shape index (κ2) is 6.84. The number of halogens is 1. The Morgan fingerprint density at radius 2 is 1.86 bits per heavy atom. The first-order chi connectivity index (χ1) is 13.9. The summed E-state index contributed by atoms with van der Waals surface area (Å²) in [4.78, 5) is 1.07. The minimum Gasteiger partial charge on any atom is -0.494 e. The summed E-state index contributed by atoms with van der Waals surface area (Å²) in [6.45, 7) is 5.69. The number of para-hydroxylation sites is 2. The van der Waals surface area contributed by atoms with E-state index in [9.17, 15) is 0 Å². The monoisotopic (exact) mass is 430 g/mol. The van der Waals surface area contributed by atoms with E-state index in [1.807, 2.05) is 41.1 Å². The van der Waals surface area contributed by atoms with E-state index in [4.69, 9.17) is 30.9 Å². The Balaban J connectivity index is 1.61. The van der Waals surface area contributed by atoms with E-state index in [2.05, 4.69) is 13.8 Å². The molecule has 0 radical (unpaired) electrons. The van der Waals surface area contributed by atoms with Crippen molar-refractivity contribution in [1.29, 1.82) is 0 Å². The SMILES string of the molecule is COc1ccccc1-n1nc2c(c1-c1ccc(Cl)s1)CC1(C2)OCC(C)(C)CO1. The van der Waals surface area contributed by atoms with Gasteiger partial charge in [0.25, 0.3) is 0 Å². The molecule has 2 aromatic heterocycles. The molecule has 3 heterocycles.